The van der Waals surface area contributed by atoms with Gasteiger partial charge in [-0.15, -0.1) is 12.4 Å². The van der Waals surface area contributed by atoms with Gasteiger partial charge in [-0.2, -0.15) is 4.98 Å². The second kappa shape index (κ2) is 11.5. The molecular formula is C18H29ClN6O5. The molecule has 0 saturated carbocycles. The normalized spacial score (nSPS) is 13.9. The van der Waals surface area contributed by atoms with Crippen molar-refractivity contribution in [1.82, 2.24) is 19.5 Å². The van der Waals surface area contributed by atoms with E-state index in [0.717, 1.165) is 6.42 Å². The number of carbonyl (C=O) groups excluding carboxylic acids is 2. The first-order chi connectivity index (χ1) is 13.7. The molecule has 0 amide bonds. The van der Waals surface area contributed by atoms with Crippen molar-refractivity contribution in [2.45, 2.75) is 46.2 Å². The van der Waals surface area contributed by atoms with Crippen LogP contribution in [-0.4, -0.2) is 50.7 Å². The van der Waals surface area contributed by atoms with E-state index in [1.807, 2.05) is 13.8 Å². The number of aromatic amines is 1. The number of H-pyrrole nitrogens is 1. The number of aryl methyl sites for hydroxylation is 1. The van der Waals surface area contributed by atoms with Crippen molar-refractivity contribution < 1.29 is 19.1 Å². The minimum absolute atomic E-state index is 0. The van der Waals surface area contributed by atoms with Gasteiger partial charge in [-0.25, -0.2) is 4.98 Å². The fourth-order valence-corrected chi connectivity index (χ4v) is 2.69. The van der Waals surface area contributed by atoms with E-state index in [9.17, 15) is 14.4 Å². The zero-order chi connectivity index (χ0) is 21.6. The Hall–Kier alpha value is -2.66. The van der Waals surface area contributed by atoms with Gasteiger partial charge in [0.25, 0.3) is 5.56 Å². The molecule has 2 rings (SSSR count). The summed E-state index contributed by atoms with van der Waals surface area (Å²) in [6, 6.07) is -0.703. The molecule has 0 radical (unpaired) electrons. The van der Waals surface area contributed by atoms with Crippen LogP contribution >= 0.6 is 12.4 Å². The zero-order valence-corrected chi connectivity index (χ0v) is 18.1. The number of aromatic nitrogens is 4. The van der Waals surface area contributed by atoms with Gasteiger partial charge in [0.15, 0.2) is 11.2 Å². The number of esters is 2. The summed E-state index contributed by atoms with van der Waals surface area (Å²) < 4.78 is 12.1. The van der Waals surface area contributed by atoms with E-state index in [-0.39, 0.29) is 48.9 Å². The van der Waals surface area contributed by atoms with Crippen LogP contribution in [0, 0.1) is 11.8 Å². The van der Waals surface area contributed by atoms with Crippen molar-refractivity contribution in [2.24, 2.45) is 17.6 Å². The molecule has 30 heavy (non-hydrogen) atoms. The molecule has 2 heterocycles. The lowest BCUT2D eigenvalue weighted by molar-refractivity contribution is -0.150. The number of carbonyl (C=O) groups is 2. The number of ether oxygens (including phenoxy) is 2. The minimum Gasteiger partial charge on any atom is -0.465 e. The van der Waals surface area contributed by atoms with Gasteiger partial charge in [0, 0.05) is 19.4 Å². The number of halogens is 1. The molecule has 0 saturated heterocycles. The summed E-state index contributed by atoms with van der Waals surface area (Å²) in [6.45, 7) is 5.69. The average Bonchev–Trinajstić information content (AvgIpc) is 3.08. The minimum atomic E-state index is -0.703. The first-order valence-corrected chi connectivity index (χ1v) is 9.49. The Morgan fingerprint density at radius 2 is 1.97 bits per heavy atom. The number of hydrogen-bond acceptors (Lipinski definition) is 9. The summed E-state index contributed by atoms with van der Waals surface area (Å²) in [4.78, 5) is 45.7. The van der Waals surface area contributed by atoms with Gasteiger partial charge in [-0.1, -0.05) is 20.3 Å². The Labute approximate surface area is 179 Å². The van der Waals surface area contributed by atoms with Crippen LogP contribution in [0.3, 0.4) is 0 Å². The molecule has 0 fully saturated rings. The summed E-state index contributed by atoms with van der Waals surface area (Å²) in [5.74, 6) is -1.17. The fraction of sp³-hybridized carbons (Fsp3) is 0.611. The molecule has 12 heteroatoms. The Bertz CT molecular complexity index is 914. The zero-order valence-electron chi connectivity index (χ0n) is 17.3. The van der Waals surface area contributed by atoms with E-state index in [2.05, 4.69) is 15.0 Å². The van der Waals surface area contributed by atoms with Crippen LogP contribution in [0.4, 0.5) is 5.95 Å². The number of fused-ring (bicyclic) bond motifs is 1. The van der Waals surface area contributed by atoms with Crippen LogP contribution < -0.4 is 17.0 Å². The molecule has 2 aromatic rings. The van der Waals surface area contributed by atoms with Gasteiger partial charge in [0.05, 0.1) is 19.5 Å². The van der Waals surface area contributed by atoms with E-state index in [1.165, 1.54) is 13.3 Å². The van der Waals surface area contributed by atoms with Gasteiger partial charge in [0.1, 0.15) is 6.04 Å². The number of nitrogens with two attached hydrogens (primary N) is 2. The van der Waals surface area contributed by atoms with Crippen LogP contribution in [0.1, 0.15) is 33.6 Å². The number of nitrogen functional groups attached to an aromatic ring is 1. The van der Waals surface area contributed by atoms with Crippen molar-refractivity contribution in [3.8, 4) is 0 Å². The second-order valence-corrected chi connectivity index (χ2v) is 7.06. The molecule has 3 atom stereocenters. The Morgan fingerprint density at radius 3 is 2.60 bits per heavy atom. The summed E-state index contributed by atoms with van der Waals surface area (Å²) in [7, 11) is 0. The van der Waals surface area contributed by atoms with Crippen LogP contribution in [0.15, 0.2) is 11.1 Å². The van der Waals surface area contributed by atoms with Crippen molar-refractivity contribution in [3.63, 3.8) is 0 Å². The summed E-state index contributed by atoms with van der Waals surface area (Å²) in [6.07, 6.45) is 2.73. The lowest BCUT2D eigenvalue weighted by Gasteiger charge is -2.20. The van der Waals surface area contributed by atoms with Gasteiger partial charge in [0.2, 0.25) is 5.95 Å². The topological polar surface area (TPSA) is 168 Å². The highest BCUT2D eigenvalue weighted by molar-refractivity contribution is 5.85. The molecule has 2 aromatic heterocycles. The molecule has 0 bridgehead atoms. The summed E-state index contributed by atoms with van der Waals surface area (Å²) in [5.41, 5.74) is 11.6. The van der Waals surface area contributed by atoms with Crippen molar-refractivity contribution in [1.29, 1.82) is 0 Å². The molecule has 11 nitrogen and oxygen atoms in total. The highest BCUT2D eigenvalue weighted by Crippen LogP contribution is 2.13. The highest BCUT2D eigenvalue weighted by atomic mass is 35.5. The molecule has 0 aliphatic carbocycles. The maximum Gasteiger partial charge on any atom is 0.323 e. The third-order valence-electron chi connectivity index (χ3n) is 4.78. The van der Waals surface area contributed by atoms with Crippen LogP contribution in [0.5, 0.6) is 0 Å². The number of nitrogens with one attached hydrogen (secondary N) is 1. The third-order valence-corrected chi connectivity index (χ3v) is 4.78. The van der Waals surface area contributed by atoms with Gasteiger partial charge in [-0.05, 0) is 12.3 Å². The Kier molecular flexibility index (Phi) is 9.73. The lowest BCUT2D eigenvalue weighted by atomic mass is 10.0. The number of imidazole rings is 1. The average molecular weight is 445 g/mol. The molecular weight excluding hydrogens is 416 g/mol. The monoisotopic (exact) mass is 444 g/mol. The maximum absolute atomic E-state index is 12.1. The molecule has 0 aliphatic rings. The van der Waals surface area contributed by atoms with Crippen LogP contribution in [0.2, 0.25) is 0 Å². The van der Waals surface area contributed by atoms with Gasteiger partial charge >= 0.3 is 11.9 Å². The summed E-state index contributed by atoms with van der Waals surface area (Å²) >= 11 is 0. The number of anilines is 1. The van der Waals surface area contributed by atoms with Crippen molar-refractivity contribution in [3.05, 3.63) is 16.7 Å². The molecule has 2 unspecified atom stereocenters. The van der Waals surface area contributed by atoms with Crippen molar-refractivity contribution >= 4 is 41.5 Å². The molecule has 5 N–H and O–H groups in total. The first-order valence-electron chi connectivity index (χ1n) is 9.49. The van der Waals surface area contributed by atoms with Gasteiger partial charge in [-0.3, -0.25) is 19.4 Å². The van der Waals surface area contributed by atoms with E-state index in [4.69, 9.17) is 20.9 Å². The molecule has 168 valence electrons. The van der Waals surface area contributed by atoms with Crippen molar-refractivity contribution in [2.75, 3.05) is 18.9 Å². The molecule has 0 spiro atoms. The predicted molar refractivity (Wildman–Crippen MR) is 113 cm³/mol. The highest BCUT2D eigenvalue weighted by Gasteiger charge is 2.23. The van der Waals surface area contributed by atoms with E-state index < -0.39 is 23.5 Å². The lowest BCUT2D eigenvalue weighted by Crippen LogP contribution is -2.39. The van der Waals surface area contributed by atoms with E-state index >= 15 is 0 Å². The van der Waals surface area contributed by atoms with Gasteiger partial charge < -0.3 is 25.5 Å². The largest absolute Gasteiger partial charge is 0.465 e. The van der Waals surface area contributed by atoms with Crippen LogP contribution in [-0.2, 0) is 25.6 Å². The second-order valence-electron chi connectivity index (χ2n) is 7.06. The predicted octanol–water partition coefficient (Wildman–Crippen LogP) is 0.610. The number of nitrogens with zero attached hydrogens (tertiary/aromatic N) is 3. The maximum atomic E-state index is 12.1. The standard InChI is InChI=1S/C18H28N6O5.ClH/c1-4-10(2)13(19)17(27)29-8-12(7-28-11(3)25)5-6-24-9-21-14-15(24)22-18(20)23-16(14)26;/h9-10,12-13H,4-8,19H2,1-3H3,(H3,20,22,23,26);1H/t10?,12?,13-;/m0./s1. The molecule has 0 aliphatic heterocycles. The van der Waals surface area contributed by atoms with E-state index in [0.29, 0.717) is 18.6 Å². The summed E-state index contributed by atoms with van der Waals surface area (Å²) in [5, 5.41) is 0. The Balaban J connectivity index is 0.00000450. The third kappa shape index (κ3) is 6.70. The first kappa shape index (κ1) is 25.4. The number of rotatable bonds is 10. The SMILES string of the molecule is CCC(C)[C@H](N)C(=O)OCC(CCn1cnc2c(=O)[nH]c(N)nc21)COC(C)=O.Cl. The Morgan fingerprint density at radius 1 is 1.30 bits per heavy atom. The quantitative estimate of drug-likeness (QED) is 0.444. The van der Waals surface area contributed by atoms with Crippen LogP contribution in [0.25, 0.3) is 11.2 Å². The number of hydrogen-bond donors (Lipinski definition) is 3. The van der Waals surface area contributed by atoms with E-state index in [1.54, 1.807) is 4.57 Å². The fourth-order valence-electron chi connectivity index (χ4n) is 2.69. The molecule has 0 aromatic carbocycles. The smallest absolute Gasteiger partial charge is 0.323 e.